The molecule has 0 aliphatic rings. The molecule has 170 valence electrons. The lowest BCUT2D eigenvalue weighted by Gasteiger charge is -2.15. The van der Waals surface area contributed by atoms with Gasteiger partial charge in [-0.05, 0) is 24.0 Å². The monoisotopic (exact) mass is 440 g/mol. The van der Waals surface area contributed by atoms with Crippen LogP contribution in [0.2, 0.25) is 0 Å². The SMILES string of the molecule is O=C(CCCCC(=O)N[C@H](Cc1ccccc1)C(=O)O)N[C@@H](Cc1ccccc1)C(=O)O. The topological polar surface area (TPSA) is 133 Å². The molecule has 8 nitrogen and oxygen atoms in total. The summed E-state index contributed by atoms with van der Waals surface area (Å²) in [4.78, 5) is 47.1. The Hall–Kier alpha value is -3.68. The highest BCUT2D eigenvalue weighted by molar-refractivity contribution is 5.84. The Bertz CT molecular complexity index is 826. The molecule has 4 N–H and O–H groups in total. The van der Waals surface area contributed by atoms with Crippen LogP contribution >= 0.6 is 0 Å². The normalized spacial score (nSPS) is 12.4. The van der Waals surface area contributed by atoms with Gasteiger partial charge in [-0.1, -0.05) is 60.7 Å². The lowest BCUT2D eigenvalue weighted by Crippen LogP contribution is -2.42. The predicted molar refractivity (Wildman–Crippen MR) is 118 cm³/mol. The van der Waals surface area contributed by atoms with E-state index in [-0.39, 0.29) is 25.7 Å². The fourth-order valence-corrected chi connectivity index (χ4v) is 3.20. The zero-order valence-electron chi connectivity index (χ0n) is 17.7. The molecule has 0 spiro atoms. The number of nitrogens with one attached hydrogen (secondary N) is 2. The molecule has 0 heterocycles. The summed E-state index contributed by atoms with van der Waals surface area (Å²) in [5.41, 5.74) is 1.61. The third kappa shape index (κ3) is 8.99. The summed E-state index contributed by atoms with van der Waals surface area (Å²) in [5.74, 6) is -3.03. The minimum atomic E-state index is -1.11. The van der Waals surface area contributed by atoms with Gasteiger partial charge in [0.25, 0.3) is 0 Å². The Morgan fingerprint density at radius 1 is 0.625 bits per heavy atom. The molecule has 2 amide bonds. The van der Waals surface area contributed by atoms with Crippen molar-refractivity contribution in [2.75, 3.05) is 0 Å². The first-order chi connectivity index (χ1) is 15.3. The Balaban J connectivity index is 1.71. The molecule has 0 radical (unpaired) electrons. The molecule has 0 saturated heterocycles. The van der Waals surface area contributed by atoms with E-state index in [1.54, 1.807) is 48.5 Å². The number of unbranched alkanes of at least 4 members (excludes halogenated alkanes) is 1. The molecule has 0 bridgehead atoms. The van der Waals surface area contributed by atoms with Gasteiger partial charge in [0.05, 0.1) is 0 Å². The minimum absolute atomic E-state index is 0.0816. The fraction of sp³-hybridized carbons (Fsp3) is 0.333. The van der Waals surface area contributed by atoms with E-state index in [9.17, 15) is 29.4 Å². The minimum Gasteiger partial charge on any atom is -0.480 e. The number of hydrogen-bond donors (Lipinski definition) is 4. The zero-order chi connectivity index (χ0) is 23.3. The maximum atomic E-state index is 12.1. The Labute approximate surface area is 186 Å². The van der Waals surface area contributed by atoms with Gasteiger partial charge in [-0.15, -0.1) is 0 Å². The van der Waals surface area contributed by atoms with Crippen LogP contribution in [0, 0.1) is 0 Å². The molecule has 2 aromatic rings. The maximum absolute atomic E-state index is 12.1. The third-order valence-electron chi connectivity index (χ3n) is 4.89. The van der Waals surface area contributed by atoms with E-state index in [4.69, 9.17) is 0 Å². The largest absolute Gasteiger partial charge is 0.480 e. The van der Waals surface area contributed by atoms with Gasteiger partial charge in [0.2, 0.25) is 11.8 Å². The standard InChI is InChI=1S/C24H28N2O6/c27-21(25-19(23(29)30)15-17-9-3-1-4-10-17)13-7-8-14-22(28)26-20(24(31)32)16-18-11-5-2-6-12-18/h1-6,9-12,19-20H,7-8,13-16H2,(H,25,27)(H,26,28)(H,29,30)(H,31,32)/t19-,20+. The van der Waals surface area contributed by atoms with Crippen molar-refractivity contribution in [3.05, 3.63) is 71.8 Å². The molecule has 32 heavy (non-hydrogen) atoms. The van der Waals surface area contributed by atoms with Gasteiger partial charge in [-0.2, -0.15) is 0 Å². The molecular weight excluding hydrogens is 412 g/mol. The lowest BCUT2D eigenvalue weighted by molar-refractivity contribution is -0.142. The molecule has 8 heteroatoms. The number of carboxylic acid groups (broad SMARTS) is 2. The summed E-state index contributed by atoms with van der Waals surface area (Å²) >= 11 is 0. The summed E-state index contributed by atoms with van der Waals surface area (Å²) in [7, 11) is 0. The predicted octanol–water partition coefficient (Wildman–Crippen LogP) is 2.17. The van der Waals surface area contributed by atoms with Crippen LogP contribution < -0.4 is 10.6 Å². The van der Waals surface area contributed by atoms with Crippen LogP contribution in [0.15, 0.2) is 60.7 Å². The summed E-state index contributed by atoms with van der Waals surface area (Å²) in [6.45, 7) is 0. The zero-order valence-corrected chi connectivity index (χ0v) is 17.7. The first kappa shape index (κ1) is 24.6. The molecular formula is C24H28N2O6. The van der Waals surface area contributed by atoms with Gasteiger partial charge in [0.1, 0.15) is 12.1 Å². The van der Waals surface area contributed by atoms with Crippen molar-refractivity contribution in [1.29, 1.82) is 0 Å². The van der Waals surface area contributed by atoms with Crippen molar-refractivity contribution in [3.63, 3.8) is 0 Å². The van der Waals surface area contributed by atoms with Gasteiger partial charge in [0.15, 0.2) is 0 Å². The Morgan fingerprint density at radius 2 is 0.969 bits per heavy atom. The first-order valence-corrected chi connectivity index (χ1v) is 10.5. The Kier molecular flexibility index (Phi) is 9.90. The van der Waals surface area contributed by atoms with Crippen LogP contribution in [0.5, 0.6) is 0 Å². The second kappa shape index (κ2) is 12.9. The van der Waals surface area contributed by atoms with Crippen molar-refractivity contribution in [3.8, 4) is 0 Å². The molecule has 0 saturated carbocycles. The molecule has 2 atom stereocenters. The van der Waals surface area contributed by atoms with Crippen molar-refractivity contribution < 1.29 is 29.4 Å². The van der Waals surface area contributed by atoms with Crippen LogP contribution in [-0.4, -0.2) is 46.0 Å². The number of carboxylic acids is 2. The summed E-state index contributed by atoms with van der Waals surface area (Å²) in [6, 6.07) is 16.0. The van der Waals surface area contributed by atoms with E-state index in [1.807, 2.05) is 12.1 Å². The van der Waals surface area contributed by atoms with Gasteiger partial charge in [0, 0.05) is 25.7 Å². The number of benzene rings is 2. The molecule has 2 aromatic carbocycles. The van der Waals surface area contributed by atoms with Gasteiger partial charge < -0.3 is 20.8 Å². The number of aliphatic carboxylic acids is 2. The van der Waals surface area contributed by atoms with E-state index in [2.05, 4.69) is 10.6 Å². The summed E-state index contributed by atoms with van der Waals surface area (Å²) < 4.78 is 0. The van der Waals surface area contributed by atoms with Crippen molar-refractivity contribution in [1.82, 2.24) is 10.6 Å². The van der Waals surface area contributed by atoms with E-state index in [0.717, 1.165) is 11.1 Å². The van der Waals surface area contributed by atoms with Crippen molar-refractivity contribution in [2.45, 2.75) is 50.6 Å². The highest BCUT2D eigenvalue weighted by atomic mass is 16.4. The average Bonchev–Trinajstić information content (AvgIpc) is 2.77. The first-order valence-electron chi connectivity index (χ1n) is 10.5. The smallest absolute Gasteiger partial charge is 0.326 e. The molecule has 0 aromatic heterocycles. The number of rotatable bonds is 13. The lowest BCUT2D eigenvalue weighted by atomic mass is 10.1. The van der Waals surface area contributed by atoms with Gasteiger partial charge >= 0.3 is 11.9 Å². The maximum Gasteiger partial charge on any atom is 0.326 e. The van der Waals surface area contributed by atoms with E-state index in [0.29, 0.717) is 12.8 Å². The highest BCUT2D eigenvalue weighted by Crippen LogP contribution is 2.07. The molecule has 0 unspecified atom stereocenters. The number of hydrogen-bond acceptors (Lipinski definition) is 4. The van der Waals surface area contributed by atoms with E-state index in [1.165, 1.54) is 0 Å². The number of carbonyl (C=O) groups excluding carboxylic acids is 2. The third-order valence-corrected chi connectivity index (χ3v) is 4.89. The van der Waals surface area contributed by atoms with E-state index < -0.39 is 35.8 Å². The number of amides is 2. The van der Waals surface area contributed by atoms with Gasteiger partial charge in [-0.3, -0.25) is 9.59 Å². The Morgan fingerprint density at radius 3 is 1.28 bits per heavy atom. The fourth-order valence-electron chi connectivity index (χ4n) is 3.20. The second-order valence-electron chi connectivity index (χ2n) is 7.50. The number of carbonyl (C=O) groups is 4. The van der Waals surface area contributed by atoms with Gasteiger partial charge in [-0.25, -0.2) is 9.59 Å². The summed E-state index contributed by atoms with van der Waals surface area (Å²) in [6.07, 6.45) is 1.29. The molecule has 0 aliphatic heterocycles. The van der Waals surface area contributed by atoms with Crippen LogP contribution in [0.4, 0.5) is 0 Å². The average molecular weight is 440 g/mol. The molecule has 2 rings (SSSR count). The van der Waals surface area contributed by atoms with Crippen LogP contribution in [-0.2, 0) is 32.0 Å². The molecule has 0 aliphatic carbocycles. The highest BCUT2D eigenvalue weighted by Gasteiger charge is 2.21. The van der Waals surface area contributed by atoms with Crippen LogP contribution in [0.3, 0.4) is 0 Å². The van der Waals surface area contributed by atoms with Crippen LogP contribution in [0.25, 0.3) is 0 Å². The summed E-state index contributed by atoms with van der Waals surface area (Å²) in [5, 5.41) is 23.7. The quantitative estimate of drug-likeness (QED) is 0.353. The second-order valence-corrected chi connectivity index (χ2v) is 7.50. The van der Waals surface area contributed by atoms with Crippen LogP contribution in [0.1, 0.15) is 36.8 Å². The van der Waals surface area contributed by atoms with Crippen molar-refractivity contribution in [2.24, 2.45) is 0 Å². The van der Waals surface area contributed by atoms with Crippen molar-refractivity contribution >= 4 is 23.8 Å². The molecule has 0 fully saturated rings. The van der Waals surface area contributed by atoms with E-state index >= 15 is 0 Å².